The van der Waals surface area contributed by atoms with Crippen LogP contribution in [0.25, 0.3) is 0 Å². The SMILES string of the molecule is CN(Cc1ccccc1NC(=O)N1CCC(C2CCOC2)CC1)c1ccccc1. The van der Waals surface area contributed by atoms with Crippen molar-refractivity contribution in [1.82, 2.24) is 4.90 Å². The van der Waals surface area contributed by atoms with Gasteiger partial charge in [0.1, 0.15) is 0 Å². The molecule has 154 valence electrons. The molecule has 2 aromatic rings. The minimum Gasteiger partial charge on any atom is -0.381 e. The number of nitrogens with zero attached hydrogens (tertiary/aromatic N) is 2. The van der Waals surface area contributed by atoms with Crippen LogP contribution in [-0.4, -0.2) is 44.3 Å². The number of amides is 2. The molecule has 0 aliphatic carbocycles. The summed E-state index contributed by atoms with van der Waals surface area (Å²) in [7, 11) is 2.07. The van der Waals surface area contributed by atoms with Crippen molar-refractivity contribution < 1.29 is 9.53 Å². The molecular formula is C24H31N3O2. The lowest BCUT2D eigenvalue weighted by atomic mass is 9.84. The van der Waals surface area contributed by atoms with Crippen molar-refractivity contribution in [2.75, 3.05) is 43.6 Å². The normalized spacial score (nSPS) is 19.9. The van der Waals surface area contributed by atoms with Crippen molar-refractivity contribution in [2.45, 2.75) is 25.8 Å². The van der Waals surface area contributed by atoms with E-state index in [0.717, 1.165) is 62.6 Å². The molecule has 5 heteroatoms. The molecule has 1 N–H and O–H groups in total. The number of anilines is 2. The highest BCUT2D eigenvalue weighted by molar-refractivity contribution is 5.90. The van der Waals surface area contributed by atoms with Crippen LogP contribution in [0.3, 0.4) is 0 Å². The summed E-state index contributed by atoms with van der Waals surface area (Å²) in [4.78, 5) is 17.0. The third-order valence-electron chi connectivity index (χ3n) is 6.32. The van der Waals surface area contributed by atoms with Crippen LogP contribution in [0.15, 0.2) is 54.6 Å². The van der Waals surface area contributed by atoms with Crippen LogP contribution in [0, 0.1) is 11.8 Å². The molecule has 0 radical (unpaired) electrons. The number of nitrogens with one attached hydrogen (secondary N) is 1. The average molecular weight is 394 g/mol. The molecule has 2 aliphatic heterocycles. The molecule has 2 aliphatic rings. The van der Waals surface area contributed by atoms with Crippen LogP contribution in [0.2, 0.25) is 0 Å². The van der Waals surface area contributed by atoms with Crippen LogP contribution < -0.4 is 10.2 Å². The molecule has 0 spiro atoms. The van der Waals surface area contributed by atoms with Gasteiger partial charge in [0.2, 0.25) is 0 Å². The largest absolute Gasteiger partial charge is 0.381 e. The fourth-order valence-corrected chi connectivity index (χ4v) is 4.50. The van der Waals surface area contributed by atoms with Gasteiger partial charge in [0, 0.05) is 51.3 Å². The predicted molar refractivity (Wildman–Crippen MR) is 117 cm³/mol. The second-order valence-corrected chi connectivity index (χ2v) is 8.23. The van der Waals surface area contributed by atoms with Gasteiger partial charge in [0.05, 0.1) is 0 Å². The van der Waals surface area contributed by atoms with Gasteiger partial charge in [0.15, 0.2) is 0 Å². The highest BCUT2D eigenvalue weighted by atomic mass is 16.5. The number of rotatable bonds is 5. The number of carbonyl (C=O) groups excluding carboxylic acids is 1. The third-order valence-corrected chi connectivity index (χ3v) is 6.32. The minimum absolute atomic E-state index is 0.0148. The Labute approximate surface area is 173 Å². The first kappa shape index (κ1) is 19.8. The lowest BCUT2D eigenvalue weighted by Crippen LogP contribution is -2.42. The molecule has 1 unspecified atom stereocenters. The van der Waals surface area contributed by atoms with E-state index in [-0.39, 0.29) is 6.03 Å². The molecule has 0 aromatic heterocycles. The summed E-state index contributed by atoms with van der Waals surface area (Å²) in [5.41, 5.74) is 3.17. The van der Waals surface area contributed by atoms with Gasteiger partial charge in [-0.1, -0.05) is 36.4 Å². The van der Waals surface area contributed by atoms with Gasteiger partial charge in [0.25, 0.3) is 0 Å². The summed E-state index contributed by atoms with van der Waals surface area (Å²) < 4.78 is 5.54. The van der Waals surface area contributed by atoms with E-state index in [4.69, 9.17) is 4.74 Å². The predicted octanol–water partition coefficient (Wildman–Crippen LogP) is 4.60. The number of carbonyl (C=O) groups is 1. The van der Waals surface area contributed by atoms with E-state index < -0.39 is 0 Å². The molecule has 4 rings (SSSR count). The van der Waals surface area contributed by atoms with Crippen LogP contribution in [0.5, 0.6) is 0 Å². The van der Waals surface area contributed by atoms with Crippen molar-refractivity contribution in [3.63, 3.8) is 0 Å². The topological polar surface area (TPSA) is 44.8 Å². The summed E-state index contributed by atoms with van der Waals surface area (Å²) in [6.45, 7) is 4.21. The molecule has 2 saturated heterocycles. The van der Waals surface area contributed by atoms with Crippen molar-refractivity contribution in [3.05, 3.63) is 60.2 Å². The zero-order chi connectivity index (χ0) is 20.1. The van der Waals surface area contributed by atoms with E-state index >= 15 is 0 Å². The fourth-order valence-electron chi connectivity index (χ4n) is 4.50. The van der Waals surface area contributed by atoms with E-state index in [2.05, 4.69) is 35.5 Å². The summed E-state index contributed by atoms with van der Waals surface area (Å²) in [6, 6.07) is 18.4. The average Bonchev–Trinajstić information content (AvgIpc) is 3.31. The van der Waals surface area contributed by atoms with Crippen molar-refractivity contribution in [1.29, 1.82) is 0 Å². The second kappa shape index (κ2) is 9.31. The van der Waals surface area contributed by atoms with E-state index in [0.29, 0.717) is 11.8 Å². The molecule has 29 heavy (non-hydrogen) atoms. The number of urea groups is 1. The Hall–Kier alpha value is -2.53. The summed E-state index contributed by atoms with van der Waals surface area (Å²) >= 11 is 0. The Morgan fingerprint density at radius 2 is 1.76 bits per heavy atom. The van der Waals surface area contributed by atoms with E-state index in [1.165, 1.54) is 6.42 Å². The van der Waals surface area contributed by atoms with Crippen LogP contribution in [0.1, 0.15) is 24.8 Å². The van der Waals surface area contributed by atoms with E-state index in [1.807, 2.05) is 41.3 Å². The lowest BCUT2D eigenvalue weighted by molar-refractivity contribution is 0.136. The number of benzene rings is 2. The minimum atomic E-state index is 0.0148. The molecule has 1 atom stereocenters. The van der Waals surface area contributed by atoms with Crippen molar-refractivity contribution >= 4 is 17.4 Å². The van der Waals surface area contributed by atoms with Crippen LogP contribution >= 0.6 is 0 Å². The summed E-state index contributed by atoms with van der Waals surface area (Å²) in [5.74, 6) is 1.39. The second-order valence-electron chi connectivity index (χ2n) is 8.23. The molecule has 2 fully saturated rings. The fraction of sp³-hybridized carbons (Fsp3) is 0.458. The molecule has 0 saturated carbocycles. The molecule has 2 amide bonds. The smallest absolute Gasteiger partial charge is 0.321 e. The standard InChI is InChI=1S/C24H31N3O2/c1-26(22-8-3-2-4-9-22)17-20-7-5-6-10-23(20)25-24(28)27-14-11-19(12-15-27)21-13-16-29-18-21/h2-10,19,21H,11-18H2,1H3,(H,25,28). The number of hydrogen-bond acceptors (Lipinski definition) is 3. The molecular weight excluding hydrogens is 362 g/mol. The number of piperidine rings is 1. The zero-order valence-corrected chi connectivity index (χ0v) is 17.2. The van der Waals surface area contributed by atoms with Crippen molar-refractivity contribution in [2.24, 2.45) is 11.8 Å². The first-order valence-electron chi connectivity index (χ1n) is 10.7. The third kappa shape index (κ3) is 4.91. The molecule has 0 bridgehead atoms. The Morgan fingerprint density at radius 3 is 2.48 bits per heavy atom. The Balaban J connectivity index is 1.35. The van der Waals surface area contributed by atoms with Gasteiger partial charge in [-0.05, 0) is 54.9 Å². The number of hydrogen-bond donors (Lipinski definition) is 1. The van der Waals surface area contributed by atoms with Gasteiger partial charge in [-0.2, -0.15) is 0 Å². The Kier molecular flexibility index (Phi) is 6.35. The lowest BCUT2D eigenvalue weighted by Gasteiger charge is -2.34. The highest BCUT2D eigenvalue weighted by Gasteiger charge is 2.30. The van der Waals surface area contributed by atoms with E-state index in [1.54, 1.807) is 0 Å². The van der Waals surface area contributed by atoms with Crippen LogP contribution in [0.4, 0.5) is 16.2 Å². The van der Waals surface area contributed by atoms with Crippen molar-refractivity contribution in [3.8, 4) is 0 Å². The van der Waals surface area contributed by atoms with Gasteiger partial charge in [-0.25, -0.2) is 4.79 Å². The van der Waals surface area contributed by atoms with Gasteiger partial charge in [-0.15, -0.1) is 0 Å². The van der Waals surface area contributed by atoms with Gasteiger partial charge >= 0.3 is 6.03 Å². The maximum Gasteiger partial charge on any atom is 0.321 e. The van der Waals surface area contributed by atoms with E-state index in [9.17, 15) is 4.79 Å². The Bertz CT molecular complexity index is 797. The first-order chi connectivity index (χ1) is 14.2. The number of likely N-dealkylation sites (tertiary alicyclic amines) is 1. The monoisotopic (exact) mass is 393 g/mol. The molecule has 2 aromatic carbocycles. The molecule has 5 nitrogen and oxygen atoms in total. The maximum absolute atomic E-state index is 12.9. The summed E-state index contributed by atoms with van der Waals surface area (Å²) in [5, 5.41) is 3.16. The highest BCUT2D eigenvalue weighted by Crippen LogP contribution is 2.31. The van der Waals surface area contributed by atoms with Crippen LogP contribution in [-0.2, 0) is 11.3 Å². The van der Waals surface area contributed by atoms with Gasteiger partial charge < -0.3 is 19.9 Å². The zero-order valence-electron chi connectivity index (χ0n) is 17.2. The maximum atomic E-state index is 12.9. The molecule has 2 heterocycles. The quantitative estimate of drug-likeness (QED) is 0.807. The summed E-state index contributed by atoms with van der Waals surface area (Å²) in [6.07, 6.45) is 3.35. The van der Waals surface area contributed by atoms with Gasteiger partial charge in [-0.3, -0.25) is 0 Å². The first-order valence-corrected chi connectivity index (χ1v) is 10.7. The number of ether oxygens (including phenoxy) is 1. The number of para-hydroxylation sites is 2. The Morgan fingerprint density at radius 1 is 1.03 bits per heavy atom.